The summed E-state index contributed by atoms with van der Waals surface area (Å²) in [5, 5.41) is 0. The Morgan fingerprint density at radius 3 is 2.33 bits per heavy atom. The number of nitrogens with zero attached hydrogens (tertiary/aromatic N) is 1. The van der Waals surface area contributed by atoms with Crippen LogP contribution in [0.15, 0.2) is 0 Å². The average Bonchev–Trinajstić information content (AvgIpc) is 2.48. The summed E-state index contributed by atoms with van der Waals surface area (Å²) in [7, 11) is 1.33. The van der Waals surface area contributed by atoms with E-state index in [2.05, 4.69) is 4.74 Å². The van der Waals surface area contributed by atoms with Crippen molar-refractivity contribution in [3.05, 3.63) is 0 Å². The number of rotatable bonds is 7. The maximum atomic E-state index is 12.3. The van der Waals surface area contributed by atoms with E-state index in [1.165, 1.54) is 13.5 Å². The van der Waals surface area contributed by atoms with E-state index in [0.717, 1.165) is 25.7 Å². The maximum absolute atomic E-state index is 12.3. The molecule has 0 radical (unpaired) electrons. The monoisotopic (exact) mass is 299 g/mol. The molecule has 0 bridgehead atoms. The quantitative estimate of drug-likeness (QED) is 0.528. The van der Waals surface area contributed by atoms with Gasteiger partial charge in [-0.05, 0) is 19.8 Å². The third kappa shape index (κ3) is 6.14. The van der Waals surface area contributed by atoms with E-state index in [1.807, 2.05) is 0 Å². The highest BCUT2D eigenvalue weighted by molar-refractivity contribution is 5.94. The number of amides is 1. The van der Waals surface area contributed by atoms with Gasteiger partial charge in [0, 0.05) is 12.6 Å². The molecule has 0 N–H and O–H groups in total. The molecule has 1 saturated carbocycles. The van der Waals surface area contributed by atoms with Gasteiger partial charge in [-0.2, -0.15) is 0 Å². The molecular weight excluding hydrogens is 274 g/mol. The number of carbonyl (C=O) groups excluding carboxylic acids is 3. The third-order valence-electron chi connectivity index (χ3n) is 3.72. The van der Waals surface area contributed by atoms with Crippen molar-refractivity contribution in [3.8, 4) is 0 Å². The second-order valence-corrected chi connectivity index (χ2v) is 5.19. The topological polar surface area (TPSA) is 72.9 Å². The van der Waals surface area contributed by atoms with E-state index in [-0.39, 0.29) is 37.4 Å². The van der Waals surface area contributed by atoms with Crippen LogP contribution in [0.1, 0.15) is 51.9 Å². The molecule has 1 aliphatic carbocycles. The molecule has 1 rings (SSSR count). The first-order valence-corrected chi connectivity index (χ1v) is 7.60. The molecule has 0 heterocycles. The Hall–Kier alpha value is -1.59. The summed E-state index contributed by atoms with van der Waals surface area (Å²) in [4.78, 5) is 36.7. The Morgan fingerprint density at radius 2 is 1.76 bits per heavy atom. The van der Waals surface area contributed by atoms with Crippen LogP contribution in [0.25, 0.3) is 0 Å². The van der Waals surface area contributed by atoms with E-state index in [9.17, 15) is 14.4 Å². The number of hydrogen-bond donors (Lipinski definition) is 0. The minimum atomic E-state index is -0.513. The molecule has 0 aromatic carbocycles. The SMILES string of the molecule is CCOC(=O)CC(=O)N(CCC(=O)OC)C1CCCCC1. The van der Waals surface area contributed by atoms with Crippen LogP contribution in [-0.4, -0.2) is 49.0 Å². The lowest BCUT2D eigenvalue weighted by Crippen LogP contribution is -2.43. The zero-order valence-corrected chi connectivity index (χ0v) is 12.9. The van der Waals surface area contributed by atoms with Gasteiger partial charge in [0.05, 0.1) is 20.1 Å². The van der Waals surface area contributed by atoms with Gasteiger partial charge in [-0.25, -0.2) is 0 Å². The Bertz CT molecular complexity index is 363. The van der Waals surface area contributed by atoms with E-state index < -0.39 is 5.97 Å². The van der Waals surface area contributed by atoms with Crippen LogP contribution in [0.2, 0.25) is 0 Å². The van der Waals surface area contributed by atoms with Crippen molar-refractivity contribution in [1.82, 2.24) is 4.90 Å². The second-order valence-electron chi connectivity index (χ2n) is 5.19. The van der Waals surface area contributed by atoms with Gasteiger partial charge in [0.1, 0.15) is 6.42 Å². The van der Waals surface area contributed by atoms with Crippen molar-refractivity contribution >= 4 is 17.8 Å². The first-order chi connectivity index (χ1) is 10.1. The fourth-order valence-corrected chi connectivity index (χ4v) is 2.65. The maximum Gasteiger partial charge on any atom is 0.315 e. The molecule has 0 aromatic heterocycles. The zero-order chi connectivity index (χ0) is 15.7. The molecule has 6 heteroatoms. The van der Waals surface area contributed by atoms with Gasteiger partial charge >= 0.3 is 11.9 Å². The van der Waals surface area contributed by atoms with E-state index in [1.54, 1.807) is 11.8 Å². The molecule has 120 valence electrons. The molecule has 0 saturated heterocycles. The number of methoxy groups -OCH3 is 1. The van der Waals surface area contributed by atoms with Crippen LogP contribution in [0.5, 0.6) is 0 Å². The molecule has 0 spiro atoms. The number of carbonyl (C=O) groups is 3. The van der Waals surface area contributed by atoms with Crippen LogP contribution in [0.3, 0.4) is 0 Å². The molecular formula is C15H25NO5. The lowest BCUT2D eigenvalue weighted by molar-refractivity contribution is -0.150. The van der Waals surface area contributed by atoms with Crippen molar-refractivity contribution in [2.45, 2.75) is 57.9 Å². The first kappa shape index (κ1) is 17.5. The van der Waals surface area contributed by atoms with Gasteiger partial charge in [-0.3, -0.25) is 14.4 Å². The molecule has 1 amide bonds. The highest BCUT2D eigenvalue weighted by Crippen LogP contribution is 2.23. The van der Waals surface area contributed by atoms with Gasteiger partial charge in [-0.15, -0.1) is 0 Å². The van der Waals surface area contributed by atoms with E-state index in [4.69, 9.17) is 4.74 Å². The standard InChI is InChI=1S/C15H25NO5/c1-3-21-15(19)11-13(17)16(10-9-14(18)20-2)12-7-5-4-6-8-12/h12H,3-11H2,1-2H3. The third-order valence-corrected chi connectivity index (χ3v) is 3.72. The lowest BCUT2D eigenvalue weighted by atomic mass is 9.94. The summed E-state index contributed by atoms with van der Waals surface area (Å²) in [6.45, 7) is 2.27. The summed E-state index contributed by atoms with van der Waals surface area (Å²) in [5.74, 6) is -1.12. The summed E-state index contributed by atoms with van der Waals surface area (Å²) in [6, 6.07) is 0.116. The fourth-order valence-electron chi connectivity index (χ4n) is 2.65. The van der Waals surface area contributed by atoms with Crippen molar-refractivity contribution in [3.63, 3.8) is 0 Å². The number of esters is 2. The zero-order valence-electron chi connectivity index (χ0n) is 12.9. The highest BCUT2D eigenvalue weighted by Gasteiger charge is 2.27. The Balaban J connectivity index is 2.62. The van der Waals surface area contributed by atoms with Crippen molar-refractivity contribution in [1.29, 1.82) is 0 Å². The normalized spacial score (nSPS) is 15.3. The lowest BCUT2D eigenvalue weighted by Gasteiger charge is -2.34. The van der Waals surface area contributed by atoms with Gasteiger partial charge in [0.25, 0.3) is 0 Å². The summed E-state index contributed by atoms with van der Waals surface area (Å²) in [5.41, 5.74) is 0. The first-order valence-electron chi connectivity index (χ1n) is 7.60. The van der Waals surface area contributed by atoms with Crippen LogP contribution in [-0.2, 0) is 23.9 Å². The van der Waals surface area contributed by atoms with Crippen molar-refractivity contribution < 1.29 is 23.9 Å². The number of hydrogen-bond acceptors (Lipinski definition) is 5. The molecule has 1 fully saturated rings. The predicted molar refractivity (Wildman–Crippen MR) is 76.5 cm³/mol. The molecule has 0 aliphatic heterocycles. The van der Waals surface area contributed by atoms with Crippen molar-refractivity contribution in [2.75, 3.05) is 20.3 Å². The van der Waals surface area contributed by atoms with Gasteiger partial charge in [0.15, 0.2) is 0 Å². The highest BCUT2D eigenvalue weighted by atomic mass is 16.5. The minimum absolute atomic E-state index is 0.116. The Labute approximate surface area is 125 Å². The van der Waals surface area contributed by atoms with Crippen LogP contribution in [0, 0.1) is 0 Å². The minimum Gasteiger partial charge on any atom is -0.469 e. The smallest absolute Gasteiger partial charge is 0.315 e. The fraction of sp³-hybridized carbons (Fsp3) is 0.800. The van der Waals surface area contributed by atoms with Crippen LogP contribution < -0.4 is 0 Å². The van der Waals surface area contributed by atoms with E-state index >= 15 is 0 Å². The Kier molecular flexibility index (Phi) is 7.79. The summed E-state index contributed by atoms with van der Waals surface area (Å²) >= 11 is 0. The van der Waals surface area contributed by atoms with Gasteiger partial charge in [0.2, 0.25) is 5.91 Å². The Morgan fingerprint density at radius 1 is 1.10 bits per heavy atom. The molecule has 0 atom stereocenters. The van der Waals surface area contributed by atoms with Crippen LogP contribution in [0.4, 0.5) is 0 Å². The molecule has 0 unspecified atom stereocenters. The van der Waals surface area contributed by atoms with Gasteiger partial charge in [-0.1, -0.05) is 19.3 Å². The molecule has 0 aromatic rings. The predicted octanol–water partition coefficient (Wildman–Crippen LogP) is 1.66. The summed E-state index contributed by atoms with van der Waals surface area (Å²) < 4.78 is 9.44. The van der Waals surface area contributed by atoms with E-state index in [0.29, 0.717) is 6.54 Å². The largest absolute Gasteiger partial charge is 0.469 e. The summed E-state index contributed by atoms with van der Waals surface area (Å²) in [6.07, 6.45) is 5.07. The van der Waals surface area contributed by atoms with Crippen molar-refractivity contribution in [2.24, 2.45) is 0 Å². The van der Waals surface area contributed by atoms with Gasteiger partial charge < -0.3 is 14.4 Å². The molecule has 6 nitrogen and oxygen atoms in total. The molecule has 21 heavy (non-hydrogen) atoms. The van der Waals surface area contributed by atoms with Crippen LogP contribution >= 0.6 is 0 Å². The average molecular weight is 299 g/mol. The second kappa shape index (κ2) is 9.37. The number of ether oxygens (including phenoxy) is 2. The molecule has 1 aliphatic rings.